The van der Waals surface area contributed by atoms with Gasteiger partial charge in [0, 0.05) is 5.41 Å². The molecule has 0 saturated heterocycles. The summed E-state index contributed by atoms with van der Waals surface area (Å²) >= 11 is 3.45. The number of rotatable bonds is 5. The summed E-state index contributed by atoms with van der Waals surface area (Å²) in [5.74, 6) is 7.70. The van der Waals surface area contributed by atoms with E-state index in [9.17, 15) is 0 Å². The van der Waals surface area contributed by atoms with Crippen LogP contribution in [0.4, 0.5) is 0 Å². The summed E-state index contributed by atoms with van der Waals surface area (Å²) in [7, 11) is -1.76. The molecule has 21 heavy (non-hydrogen) atoms. The third-order valence-corrected chi connectivity index (χ3v) is 10.5. The molecule has 0 aromatic carbocycles. The Labute approximate surface area is 140 Å². The summed E-state index contributed by atoms with van der Waals surface area (Å²) in [6.45, 7) is 11.7. The van der Waals surface area contributed by atoms with Crippen molar-refractivity contribution in [2.75, 3.05) is 5.33 Å². The first kappa shape index (κ1) is 17.6. The van der Waals surface area contributed by atoms with Crippen LogP contribution in [0.3, 0.4) is 0 Å². The molecule has 2 aliphatic rings. The van der Waals surface area contributed by atoms with E-state index in [1.807, 2.05) is 0 Å². The van der Waals surface area contributed by atoms with E-state index in [2.05, 4.69) is 61.6 Å². The van der Waals surface area contributed by atoms with E-state index in [4.69, 9.17) is 4.43 Å². The molecule has 0 heterocycles. The first-order valence-corrected chi connectivity index (χ1v) is 12.5. The fourth-order valence-electron chi connectivity index (χ4n) is 3.01. The molecule has 0 aromatic rings. The van der Waals surface area contributed by atoms with Gasteiger partial charge in [0.2, 0.25) is 0 Å². The van der Waals surface area contributed by atoms with Crippen LogP contribution in [0, 0.1) is 23.2 Å². The number of hydrogen-bond acceptors (Lipinski definition) is 1. The molecule has 1 atom stereocenters. The first-order chi connectivity index (χ1) is 9.70. The van der Waals surface area contributed by atoms with Gasteiger partial charge in [0.1, 0.15) is 6.10 Å². The topological polar surface area (TPSA) is 9.23 Å². The van der Waals surface area contributed by atoms with Crippen molar-refractivity contribution in [2.45, 2.75) is 83.5 Å². The summed E-state index contributed by atoms with van der Waals surface area (Å²) < 4.78 is 6.78. The highest BCUT2D eigenvalue weighted by atomic mass is 79.9. The Morgan fingerprint density at radius 3 is 2.29 bits per heavy atom. The maximum Gasteiger partial charge on any atom is 0.193 e. The van der Waals surface area contributed by atoms with Gasteiger partial charge in [-0.25, -0.2) is 0 Å². The number of hydrogen-bond donors (Lipinski definition) is 0. The average molecular weight is 371 g/mol. The Hall–Kier alpha value is 0.217. The molecule has 2 saturated carbocycles. The van der Waals surface area contributed by atoms with Crippen LogP contribution in [0.1, 0.15) is 59.3 Å². The van der Waals surface area contributed by atoms with E-state index in [0.717, 1.165) is 11.2 Å². The standard InChI is InChI=1S/C18H31BrOSi/c1-17(2,3)21(4,5)20-16(8-6-13-19)18(11-7-12-18)14-15-9-10-15/h15-16H,7,9-14H2,1-5H3. The van der Waals surface area contributed by atoms with E-state index >= 15 is 0 Å². The molecule has 0 N–H and O–H groups in total. The second-order valence-corrected chi connectivity index (χ2v) is 13.9. The van der Waals surface area contributed by atoms with Crippen LogP contribution in [0.15, 0.2) is 0 Å². The summed E-state index contributed by atoms with van der Waals surface area (Å²) in [4.78, 5) is 0. The maximum absolute atomic E-state index is 6.78. The Bertz CT molecular complexity index is 419. The lowest BCUT2D eigenvalue weighted by molar-refractivity contribution is -0.00409. The Morgan fingerprint density at radius 2 is 1.90 bits per heavy atom. The third-order valence-electron chi connectivity index (χ3n) is 5.82. The third kappa shape index (κ3) is 4.15. The van der Waals surface area contributed by atoms with E-state index in [0.29, 0.717) is 5.41 Å². The monoisotopic (exact) mass is 370 g/mol. The van der Waals surface area contributed by atoms with Crippen LogP contribution >= 0.6 is 15.9 Å². The first-order valence-electron chi connectivity index (χ1n) is 8.42. The molecule has 0 bridgehead atoms. The van der Waals surface area contributed by atoms with Crippen LogP contribution in [0.5, 0.6) is 0 Å². The van der Waals surface area contributed by atoms with Crippen molar-refractivity contribution in [1.82, 2.24) is 0 Å². The molecule has 120 valence electrons. The van der Waals surface area contributed by atoms with Crippen LogP contribution in [-0.4, -0.2) is 19.8 Å². The van der Waals surface area contributed by atoms with Gasteiger partial charge in [-0.15, -0.1) is 0 Å². The fraction of sp³-hybridized carbons (Fsp3) is 0.889. The second kappa shape index (κ2) is 6.38. The van der Waals surface area contributed by atoms with Gasteiger partial charge >= 0.3 is 0 Å². The van der Waals surface area contributed by atoms with Gasteiger partial charge < -0.3 is 4.43 Å². The van der Waals surface area contributed by atoms with E-state index < -0.39 is 8.32 Å². The van der Waals surface area contributed by atoms with Crippen LogP contribution in [0.25, 0.3) is 0 Å². The lowest BCUT2D eigenvalue weighted by Gasteiger charge is -2.50. The molecule has 0 spiro atoms. The SMILES string of the molecule is CC(C)(C)[Si](C)(C)OC(C#CCBr)C1(CC2CC2)CCC1. The van der Waals surface area contributed by atoms with Crippen molar-refractivity contribution in [2.24, 2.45) is 11.3 Å². The summed E-state index contributed by atoms with van der Waals surface area (Å²) in [5, 5.41) is 1.01. The predicted molar refractivity (Wildman–Crippen MR) is 97.3 cm³/mol. The quantitative estimate of drug-likeness (QED) is 0.340. The molecule has 1 unspecified atom stereocenters. The van der Waals surface area contributed by atoms with Crippen LogP contribution < -0.4 is 0 Å². The summed E-state index contributed by atoms with van der Waals surface area (Å²) in [6.07, 6.45) is 8.37. The predicted octanol–water partition coefficient (Wildman–Crippen LogP) is 5.75. The molecule has 0 amide bonds. The van der Waals surface area contributed by atoms with Crippen molar-refractivity contribution >= 4 is 24.2 Å². The molecule has 1 nitrogen and oxygen atoms in total. The zero-order chi connectivity index (χ0) is 15.7. The van der Waals surface area contributed by atoms with Crippen LogP contribution in [0.2, 0.25) is 18.1 Å². The van der Waals surface area contributed by atoms with Gasteiger partial charge in [0.15, 0.2) is 8.32 Å². The molecule has 0 aromatic heterocycles. The van der Waals surface area contributed by atoms with Gasteiger partial charge in [-0.1, -0.05) is 67.8 Å². The smallest absolute Gasteiger partial charge is 0.193 e. The van der Waals surface area contributed by atoms with E-state index in [-0.39, 0.29) is 11.1 Å². The molecule has 2 aliphatic carbocycles. The average Bonchev–Trinajstić information content (AvgIpc) is 3.11. The van der Waals surface area contributed by atoms with Gasteiger partial charge in [-0.3, -0.25) is 0 Å². The minimum atomic E-state index is -1.76. The highest BCUT2D eigenvalue weighted by Crippen LogP contribution is 2.55. The second-order valence-electron chi connectivity index (χ2n) is 8.58. The molecular weight excluding hydrogens is 340 g/mol. The molecule has 2 fully saturated rings. The minimum Gasteiger partial charge on any atom is -0.403 e. The van der Waals surface area contributed by atoms with Gasteiger partial charge in [0.25, 0.3) is 0 Å². The number of halogens is 1. The van der Waals surface area contributed by atoms with Crippen molar-refractivity contribution in [3.8, 4) is 11.8 Å². The van der Waals surface area contributed by atoms with Crippen molar-refractivity contribution in [3.63, 3.8) is 0 Å². The molecule has 0 aliphatic heterocycles. The van der Waals surface area contributed by atoms with Gasteiger partial charge in [0.05, 0.1) is 5.33 Å². The van der Waals surface area contributed by atoms with Crippen molar-refractivity contribution < 1.29 is 4.43 Å². The molecule has 0 radical (unpaired) electrons. The van der Waals surface area contributed by atoms with E-state index in [1.54, 1.807) is 0 Å². The normalized spacial score (nSPS) is 23.0. The fourth-order valence-corrected chi connectivity index (χ4v) is 4.42. The van der Waals surface area contributed by atoms with E-state index in [1.165, 1.54) is 38.5 Å². The highest BCUT2D eigenvalue weighted by Gasteiger charge is 2.50. The van der Waals surface area contributed by atoms with Gasteiger partial charge in [-0.05, 0) is 43.3 Å². The number of alkyl halides is 1. The summed E-state index contributed by atoms with van der Waals surface area (Å²) in [6, 6.07) is 0. The lowest BCUT2D eigenvalue weighted by Crippen LogP contribution is -2.51. The Balaban J connectivity index is 2.17. The maximum atomic E-state index is 6.78. The zero-order valence-corrected chi connectivity index (χ0v) is 17.0. The minimum absolute atomic E-state index is 0.158. The van der Waals surface area contributed by atoms with Crippen LogP contribution in [-0.2, 0) is 4.43 Å². The zero-order valence-electron chi connectivity index (χ0n) is 14.4. The summed E-state index contributed by atoms with van der Waals surface area (Å²) in [5.41, 5.74) is 0.367. The van der Waals surface area contributed by atoms with Gasteiger partial charge in [-0.2, -0.15) is 0 Å². The lowest BCUT2D eigenvalue weighted by atomic mass is 9.62. The largest absolute Gasteiger partial charge is 0.403 e. The highest BCUT2D eigenvalue weighted by molar-refractivity contribution is 9.09. The molecule has 3 heteroatoms. The van der Waals surface area contributed by atoms with Crippen molar-refractivity contribution in [1.29, 1.82) is 0 Å². The molecular formula is C18H31BrOSi. The van der Waals surface area contributed by atoms with Crippen molar-refractivity contribution in [3.05, 3.63) is 0 Å². The Kier molecular flexibility index (Phi) is 5.33. The molecule has 2 rings (SSSR count). The Morgan fingerprint density at radius 1 is 1.29 bits per heavy atom.